The highest BCUT2D eigenvalue weighted by Crippen LogP contribution is 2.22. The third kappa shape index (κ3) is 4.15. The first-order chi connectivity index (χ1) is 10.5. The number of aryl methyl sites for hydroxylation is 1. The molecule has 0 saturated heterocycles. The molecule has 0 heterocycles. The summed E-state index contributed by atoms with van der Waals surface area (Å²) in [4.78, 5) is 11.5. The second kappa shape index (κ2) is 7.18. The summed E-state index contributed by atoms with van der Waals surface area (Å²) in [7, 11) is 1.54. The fourth-order valence-corrected chi connectivity index (χ4v) is 2.27. The number of hydrogen-bond donors (Lipinski definition) is 1. The van der Waals surface area contributed by atoms with E-state index in [4.69, 9.17) is 21.1 Å². The summed E-state index contributed by atoms with van der Waals surface area (Å²) in [6.07, 6.45) is -0.761. The van der Waals surface area contributed by atoms with Crippen molar-refractivity contribution in [1.29, 1.82) is 0 Å². The standard InChI is InChI=1S/C17H17ClO4/c1-11-6-7-13(18)8-12(11)9-16(17(19)20)22-15-5-3-4-14(10-15)21-2/h3-8,10,16H,9H2,1-2H3,(H,19,20). The van der Waals surface area contributed by atoms with Crippen LogP contribution in [-0.4, -0.2) is 24.3 Å². The summed E-state index contributed by atoms with van der Waals surface area (Å²) in [6, 6.07) is 12.3. The van der Waals surface area contributed by atoms with Gasteiger partial charge in [0.05, 0.1) is 7.11 Å². The van der Waals surface area contributed by atoms with Crippen LogP contribution in [0.15, 0.2) is 42.5 Å². The van der Waals surface area contributed by atoms with E-state index in [-0.39, 0.29) is 6.42 Å². The minimum absolute atomic E-state index is 0.235. The molecule has 0 saturated carbocycles. The van der Waals surface area contributed by atoms with Crippen LogP contribution in [0.25, 0.3) is 0 Å². The van der Waals surface area contributed by atoms with Crippen LogP contribution in [0, 0.1) is 6.92 Å². The summed E-state index contributed by atoms with van der Waals surface area (Å²) in [6.45, 7) is 1.91. The predicted molar refractivity (Wildman–Crippen MR) is 84.9 cm³/mol. The van der Waals surface area contributed by atoms with Gasteiger partial charge in [0.25, 0.3) is 0 Å². The molecular weight excluding hydrogens is 304 g/mol. The molecular formula is C17H17ClO4. The second-order valence-corrected chi connectivity index (χ2v) is 5.34. The number of rotatable bonds is 6. The Morgan fingerprint density at radius 3 is 2.64 bits per heavy atom. The molecule has 0 aliphatic heterocycles. The van der Waals surface area contributed by atoms with Crippen molar-refractivity contribution in [1.82, 2.24) is 0 Å². The molecule has 2 aromatic carbocycles. The van der Waals surface area contributed by atoms with Gasteiger partial charge in [0, 0.05) is 17.5 Å². The molecule has 116 valence electrons. The topological polar surface area (TPSA) is 55.8 Å². The van der Waals surface area contributed by atoms with E-state index in [0.29, 0.717) is 16.5 Å². The predicted octanol–water partition coefficient (Wildman–Crippen LogP) is 3.73. The third-order valence-electron chi connectivity index (χ3n) is 3.31. The lowest BCUT2D eigenvalue weighted by atomic mass is 10.0. The van der Waals surface area contributed by atoms with Crippen LogP contribution >= 0.6 is 11.6 Å². The number of hydrogen-bond acceptors (Lipinski definition) is 3. The monoisotopic (exact) mass is 320 g/mol. The number of ether oxygens (including phenoxy) is 2. The van der Waals surface area contributed by atoms with Crippen molar-refractivity contribution in [2.75, 3.05) is 7.11 Å². The molecule has 0 aliphatic carbocycles. The molecule has 0 amide bonds. The number of carboxylic acids is 1. The fourth-order valence-electron chi connectivity index (χ4n) is 2.08. The molecule has 22 heavy (non-hydrogen) atoms. The number of aliphatic carboxylic acids is 1. The Balaban J connectivity index is 2.19. The highest BCUT2D eigenvalue weighted by molar-refractivity contribution is 6.30. The summed E-state index contributed by atoms with van der Waals surface area (Å²) in [5.74, 6) is 0.0363. The van der Waals surface area contributed by atoms with E-state index in [2.05, 4.69) is 0 Å². The number of carbonyl (C=O) groups is 1. The zero-order chi connectivity index (χ0) is 16.1. The second-order valence-electron chi connectivity index (χ2n) is 4.90. The Labute approximate surface area is 134 Å². The van der Waals surface area contributed by atoms with E-state index in [0.717, 1.165) is 11.1 Å². The van der Waals surface area contributed by atoms with Crippen molar-refractivity contribution in [2.45, 2.75) is 19.4 Å². The number of halogens is 1. The Morgan fingerprint density at radius 2 is 1.95 bits per heavy atom. The van der Waals surface area contributed by atoms with Gasteiger partial charge >= 0.3 is 5.97 Å². The molecule has 0 radical (unpaired) electrons. The van der Waals surface area contributed by atoms with Crippen molar-refractivity contribution in [3.05, 3.63) is 58.6 Å². The van der Waals surface area contributed by atoms with Gasteiger partial charge in [-0.05, 0) is 42.3 Å². The van der Waals surface area contributed by atoms with Gasteiger partial charge in [0.1, 0.15) is 11.5 Å². The van der Waals surface area contributed by atoms with Gasteiger partial charge in [-0.15, -0.1) is 0 Å². The van der Waals surface area contributed by atoms with E-state index in [1.165, 1.54) is 0 Å². The van der Waals surface area contributed by atoms with Gasteiger partial charge in [-0.3, -0.25) is 0 Å². The van der Waals surface area contributed by atoms with E-state index in [1.807, 2.05) is 13.0 Å². The quantitative estimate of drug-likeness (QED) is 0.881. The molecule has 0 aliphatic rings. The van der Waals surface area contributed by atoms with E-state index < -0.39 is 12.1 Å². The molecule has 0 bridgehead atoms. The van der Waals surface area contributed by atoms with Crippen LogP contribution in [0.3, 0.4) is 0 Å². The smallest absolute Gasteiger partial charge is 0.345 e. The van der Waals surface area contributed by atoms with Crippen molar-refractivity contribution in [3.63, 3.8) is 0 Å². The molecule has 1 atom stereocenters. The SMILES string of the molecule is COc1cccc(OC(Cc2cc(Cl)ccc2C)C(=O)O)c1. The van der Waals surface area contributed by atoms with E-state index in [1.54, 1.807) is 43.5 Å². The highest BCUT2D eigenvalue weighted by Gasteiger charge is 2.21. The summed E-state index contributed by atoms with van der Waals surface area (Å²) in [5, 5.41) is 9.97. The lowest BCUT2D eigenvalue weighted by Gasteiger charge is -2.17. The zero-order valence-corrected chi connectivity index (χ0v) is 13.1. The van der Waals surface area contributed by atoms with Crippen LogP contribution in [0.5, 0.6) is 11.5 Å². The van der Waals surface area contributed by atoms with Gasteiger partial charge in [0.15, 0.2) is 6.10 Å². The first kappa shape index (κ1) is 16.2. The van der Waals surface area contributed by atoms with Crippen LogP contribution in [0.1, 0.15) is 11.1 Å². The summed E-state index contributed by atoms with van der Waals surface area (Å²) < 4.78 is 10.7. The normalized spacial score (nSPS) is 11.8. The Kier molecular flexibility index (Phi) is 5.28. The minimum atomic E-state index is -1.03. The maximum absolute atomic E-state index is 11.5. The maximum Gasteiger partial charge on any atom is 0.345 e. The maximum atomic E-state index is 11.5. The van der Waals surface area contributed by atoms with Gasteiger partial charge in [-0.1, -0.05) is 23.7 Å². The van der Waals surface area contributed by atoms with E-state index in [9.17, 15) is 9.90 Å². The lowest BCUT2D eigenvalue weighted by molar-refractivity contribution is -0.145. The number of carboxylic acid groups (broad SMARTS) is 1. The van der Waals surface area contributed by atoms with Gasteiger partial charge in [-0.2, -0.15) is 0 Å². The molecule has 2 aromatic rings. The molecule has 0 spiro atoms. The Bertz CT molecular complexity index is 669. The Morgan fingerprint density at radius 1 is 1.23 bits per heavy atom. The number of methoxy groups -OCH3 is 1. The lowest BCUT2D eigenvalue weighted by Crippen LogP contribution is -2.29. The number of benzene rings is 2. The molecule has 2 rings (SSSR count). The first-order valence-corrected chi connectivity index (χ1v) is 7.16. The Hall–Kier alpha value is -2.20. The fraction of sp³-hybridized carbons (Fsp3) is 0.235. The van der Waals surface area contributed by atoms with Crippen LogP contribution in [0.4, 0.5) is 0 Å². The zero-order valence-electron chi connectivity index (χ0n) is 12.4. The van der Waals surface area contributed by atoms with Crippen molar-refractivity contribution < 1.29 is 19.4 Å². The molecule has 1 N–H and O–H groups in total. The summed E-state index contributed by atoms with van der Waals surface area (Å²) >= 11 is 5.97. The molecule has 1 unspecified atom stereocenters. The molecule has 0 aromatic heterocycles. The van der Waals surface area contributed by atoms with Crippen molar-refractivity contribution in [3.8, 4) is 11.5 Å². The van der Waals surface area contributed by atoms with Gasteiger partial charge < -0.3 is 14.6 Å². The van der Waals surface area contributed by atoms with E-state index >= 15 is 0 Å². The molecule has 0 fully saturated rings. The molecule has 5 heteroatoms. The third-order valence-corrected chi connectivity index (χ3v) is 3.55. The largest absolute Gasteiger partial charge is 0.497 e. The minimum Gasteiger partial charge on any atom is -0.497 e. The van der Waals surface area contributed by atoms with Gasteiger partial charge in [0.2, 0.25) is 0 Å². The first-order valence-electron chi connectivity index (χ1n) is 6.78. The highest BCUT2D eigenvalue weighted by atomic mass is 35.5. The van der Waals surface area contributed by atoms with Crippen molar-refractivity contribution >= 4 is 17.6 Å². The van der Waals surface area contributed by atoms with Gasteiger partial charge in [-0.25, -0.2) is 4.79 Å². The summed E-state index contributed by atoms with van der Waals surface area (Å²) in [5.41, 5.74) is 1.83. The van der Waals surface area contributed by atoms with Crippen LogP contribution in [-0.2, 0) is 11.2 Å². The van der Waals surface area contributed by atoms with Crippen LogP contribution in [0.2, 0.25) is 5.02 Å². The average Bonchev–Trinajstić information content (AvgIpc) is 2.50. The van der Waals surface area contributed by atoms with Crippen LogP contribution < -0.4 is 9.47 Å². The van der Waals surface area contributed by atoms with Crippen molar-refractivity contribution in [2.24, 2.45) is 0 Å². The molecule has 4 nitrogen and oxygen atoms in total. The average molecular weight is 321 g/mol.